The molecule has 0 aliphatic carbocycles. The first-order chi connectivity index (χ1) is 10.6. The van der Waals surface area contributed by atoms with Crippen molar-refractivity contribution >= 4 is 31.5 Å². The summed E-state index contributed by atoms with van der Waals surface area (Å²) in [6, 6.07) is 3.22. The van der Waals surface area contributed by atoms with Crippen molar-refractivity contribution in [2.75, 3.05) is 24.7 Å². The second-order valence-electron chi connectivity index (χ2n) is 5.46. The number of aryl methyl sites for hydroxylation is 1. The molecule has 130 valence electrons. The Balaban J connectivity index is 2.50. The Hall–Kier alpha value is -0.710. The van der Waals surface area contributed by atoms with Gasteiger partial charge in [0.15, 0.2) is 9.84 Å². The van der Waals surface area contributed by atoms with Crippen LogP contribution in [0.15, 0.2) is 23.1 Å². The van der Waals surface area contributed by atoms with Crippen LogP contribution in [-0.2, 0) is 19.9 Å². The summed E-state index contributed by atoms with van der Waals surface area (Å²) in [6.07, 6.45) is -1.33. The molecule has 1 aromatic rings. The molecule has 1 aliphatic heterocycles. The zero-order valence-electron chi connectivity index (χ0n) is 12.4. The number of benzene rings is 1. The molecule has 10 heteroatoms. The molecule has 1 aliphatic rings. The SMILES string of the molecule is Cc1ccc(Cl)cc1S(=O)(=O)N(CCO)[C@@H]1CS(=O)(=O)C[C@H]1O. The molecular formula is C13H18ClNO6S2. The average Bonchev–Trinajstić information content (AvgIpc) is 2.71. The van der Waals surface area contributed by atoms with Crippen LogP contribution >= 0.6 is 11.6 Å². The topological polar surface area (TPSA) is 112 Å². The summed E-state index contributed by atoms with van der Waals surface area (Å²) in [4.78, 5) is -0.0741. The minimum Gasteiger partial charge on any atom is -0.395 e. The van der Waals surface area contributed by atoms with Gasteiger partial charge in [0.05, 0.1) is 35.2 Å². The van der Waals surface area contributed by atoms with Gasteiger partial charge in [0.1, 0.15) is 0 Å². The van der Waals surface area contributed by atoms with E-state index >= 15 is 0 Å². The van der Waals surface area contributed by atoms with Crippen molar-refractivity contribution < 1.29 is 27.0 Å². The van der Waals surface area contributed by atoms with E-state index in [4.69, 9.17) is 11.6 Å². The van der Waals surface area contributed by atoms with Crippen LogP contribution in [0, 0.1) is 6.92 Å². The molecule has 0 aromatic heterocycles. The highest BCUT2D eigenvalue weighted by atomic mass is 35.5. The fourth-order valence-electron chi connectivity index (χ4n) is 2.63. The Labute approximate surface area is 140 Å². The van der Waals surface area contributed by atoms with E-state index in [9.17, 15) is 27.0 Å². The molecule has 2 rings (SSSR count). The van der Waals surface area contributed by atoms with E-state index in [1.807, 2.05) is 0 Å². The van der Waals surface area contributed by atoms with Gasteiger partial charge in [-0.2, -0.15) is 4.31 Å². The molecular weight excluding hydrogens is 366 g/mol. The van der Waals surface area contributed by atoms with Crippen LogP contribution in [0.4, 0.5) is 0 Å². The number of sulfonamides is 1. The Morgan fingerprint density at radius 3 is 2.52 bits per heavy atom. The molecule has 0 radical (unpaired) electrons. The van der Waals surface area contributed by atoms with Crippen molar-refractivity contribution in [2.24, 2.45) is 0 Å². The molecule has 0 bridgehead atoms. The zero-order valence-corrected chi connectivity index (χ0v) is 14.8. The standard InChI is InChI=1S/C13H18ClNO6S2/c1-9-2-3-10(14)6-13(9)23(20,21)15(4-5-16)11-7-22(18,19)8-12(11)17/h2-3,6,11-12,16-17H,4-5,7-8H2,1H3/t11-,12-/m1/s1. The maximum absolute atomic E-state index is 12.9. The molecule has 2 atom stereocenters. The van der Waals surface area contributed by atoms with Crippen LogP contribution in [0.25, 0.3) is 0 Å². The maximum atomic E-state index is 12.9. The lowest BCUT2D eigenvalue weighted by Gasteiger charge is -2.29. The predicted octanol–water partition coefficient (Wildman–Crippen LogP) is -0.211. The van der Waals surface area contributed by atoms with Gasteiger partial charge in [-0.3, -0.25) is 0 Å². The predicted molar refractivity (Wildman–Crippen MR) is 85.6 cm³/mol. The molecule has 0 saturated carbocycles. The fourth-order valence-corrected chi connectivity index (χ4v) is 6.66. The normalized spacial score (nSPS) is 24.2. The molecule has 1 fully saturated rings. The third-order valence-electron chi connectivity index (χ3n) is 3.72. The first-order valence-corrected chi connectivity index (χ1v) is 10.5. The summed E-state index contributed by atoms with van der Waals surface area (Å²) < 4.78 is 50.0. The summed E-state index contributed by atoms with van der Waals surface area (Å²) >= 11 is 5.86. The van der Waals surface area contributed by atoms with Gasteiger partial charge in [-0.1, -0.05) is 17.7 Å². The Morgan fingerprint density at radius 1 is 1.35 bits per heavy atom. The number of sulfone groups is 1. The highest BCUT2D eigenvalue weighted by molar-refractivity contribution is 7.92. The first kappa shape index (κ1) is 18.6. The quantitative estimate of drug-likeness (QED) is 0.727. The van der Waals surface area contributed by atoms with Gasteiger partial charge in [-0.15, -0.1) is 0 Å². The molecule has 0 spiro atoms. The van der Waals surface area contributed by atoms with E-state index in [0.717, 1.165) is 4.31 Å². The summed E-state index contributed by atoms with van der Waals surface area (Å²) in [7, 11) is -7.65. The lowest BCUT2D eigenvalue weighted by Crippen LogP contribution is -2.48. The Kier molecular flexibility index (Phi) is 5.39. The van der Waals surface area contributed by atoms with Crippen molar-refractivity contribution in [1.82, 2.24) is 4.31 Å². The van der Waals surface area contributed by atoms with Gasteiger partial charge in [0, 0.05) is 11.6 Å². The molecule has 23 heavy (non-hydrogen) atoms. The van der Waals surface area contributed by atoms with E-state index < -0.39 is 50.1 Å². The minimum atomic E-state index is -4.12. The van der Waals surface area contributed by atoms with Crippen molar-refractivity contribution in [3.05, 3.63) is 28.8 Å². The van der Waals surface area contributed by atoms with Gasteiger partial charge in [0.2, 0.25) is 10.0 Å². The second-order valence-corrected chi connectivity index (χ2v) is 9.91. The van der Waals surface area contributed by atoms with Crippen molar-refractivity contribution in [1.29, 1.82) is 0 Å². The van der Waals surface area contributed by atoms with Gasteiger partial charge in [-0.25, -0.2) is 16.8 Å². The number of halogens is 1. The highest BCUT2D eigenvalue weighted by Crippen LogP contribution is 2.28. The summed E-state index contributed by atoms with van der Waals surface area (Å²) in [5, 5.41) is 19.4. The molecule has 0 amide bonds. The average molecular weight is 384 g/mol. The highest BCUT2D eigenvalue weighted by Gasteiger charge is 2.44. The zero-order chi connectivity index (χ0) is 17.4. The van der Waals surface area contributed by atoms with Crippen molar-refractivity contribution in [2.45, 2.75) is 24.0 Å². The Bertz CT molecular complexity index is 793. The maximum Gasteiger partial charge on any atom is 0.243 e. The van der Waals surface area contributed by atoms with Crippen LogP contribution in [-0.4, -0.2) is 68.2 Å². The number of nitrogens with zero attached hydrogens (tertiary/aromatic N) is 1. The van der Waals surface area contributed by atoms with Crippen LogP contribution in [0.3, 0.4) is 0 Å². The Morgan fingerprint density at radius 2 is 2.00 bits per heavy atom. The van der Waals surface area contributed by atoms with Crippen molar-refractivity contribution in [3.63, 3.8) is 0 Å². The third kappa shape index (κ3) is 3.86. The van der Waals surface area contributed by atoms with Gasteiger partial charge in [0.25, 0.3) is 0 Å². The van der Waals surface area contributed by atoms with Crippen LogP contribution < -0.4 is 0 Å². The number of aliphatic hydroxyl groups is 2. The number of rotatable bonds is 5. The first-order valence-electron chi connectivity index (χ1n) is 6.86. The molecule has 7 nitrogen and oxygen atoms in total. The van der Waals surface area contributed by atoms with Gasteiger partial charge < -0.3 is 10.2 Å². The third-order valence-corrected chi connectivity index (χ3v) is 7.72. The van der Waals surface area contributed by atoms with Crippen LogP contribution in [0.1, 0.15) is 5.56 Å². The molecule has 0 unspecified atom stereocenters. The van der Waals surface area contributed by atoms with Crippen molar-refractivity contribution in [3.8, 4) is 0 Å². The summed E-state index contributed by atoms with van der Waals surface area (Å²) in [5.41, 5.74) is 0.438. The van der Waals surface area contributed by atoms with E-state index in [1.165, 1.54) is 12.1 Å². The van der Waals surface area contributed by atoms with E-state index in [0.29, 0.717) is 5.56 Å². The number of aliphatic hydroxyl groups excluding tert-OH is 2. The number of hydrogen-bond acceptors (Lipinski definition) is 6. The van der Waals surface area contributed by atoms with E-state index in [-0.39, 0.29) is 16.5 Å². The van der Waals surface area contributed by atoms with Crippen LogP contribution in [0.2, 0.25) is 5.02 Å². The van der Waals surface area contributed by atoms with Gasteiger partial charge >= 0.3 is 0 Å². The van der Waals surface area contributed by atoms with E-state index in [1.54, 1.807) is 13.0 Å². The minimum absolute atomic E-state index is 0.0741. The summed E-state index contributed by atoms with van der Waals surface area (Å²) in [6.45, 7) is 0.774. The number of hydrogen-bond donors (Lipinski definition) is 2. The lowest BCUT2D eigenvalue weighted by molar-refractivity contribution is 0.117. The monoisotopic (exact) mass is 383 g/mol. The summed E-state index contributed by atoms with van der Waals surface area (Å²) in [5.74, 6) is -0.976. The fraction of sp³-hybridized carbons (Fsp3) is 0.538. The molecule has 1 saturated heterocycles. The smallest absolute Gasteiger partial charge is 0.243 e. The molecule has 1 aromatic carbocycles. The largest absolute Gasteiger partial charge is 0.395 e. The van der Waals surface area contributed by atoms with E-state index in [2.05, 4.69) is 0 Å². The second kappa shape index (κ2) is 6.66. The lowest BCUT2D eigenvalue weighted by atomic mass is 10.2. The van der Waals surface area contributed by atoms with Gasteiger partial charge in [-0.05, 0) is 24.6 Å². The molecule has 2 N–H and O–H groups in total. The molecule has 1 heterocycles. The van der Waals surface area contributed by atoms with Crippen LogP contribution in [0.5, 0.6) is 0 Å².